The summed E-state index contributed by atoms with van der Waals surface area (Å²) in [6.07, 6.45) is 2.27. The molecule has 5 nitrogen and oxygen atoms in total. The van der Waals surface area contributed by atoms with Gasteiger partial charge in [-0.1, -0.05) is 30.3 Å². The summed E-state index contributed by atoms with van der Waals surface area (Å²) in [5.74, 6) is 1.56. The van der Waals surface area contributed by atoms with Gasteiger partial charge in [0.1, 0.15) is 17.4 Å². The van der Waals surface area contributed by atoms with E-state index in [2.05, 4.69) is 10.6 Å². The van der Waals surface area contributed by atoms with Gasteiger partial charge in [0.2, 0.25) is 5.91 Å². The average molecular weight is 444 g/mol. The van der Waals surface area contributed by atoms with Crippen LogP contribution in [0, 0.1) is 5.82 Å². The minimum absolute atomic E-state index is 0.00415. The normalized spacial score (nSPS) is 16.0. The van der Waals surface area contributed by atoms with Crippen LogP contribution in [0.1, 0.15) is 31.0 Å². The molecular weight excluding hydrogens is 417 g/mol. The Balaban J connectivity index is 1.30. The number of hydrogen-bond acceptors (Lipinski definition) is 3. The molecule has 1 atom stereocenters. The molecule has 4 aromatic rings. The first-order valence-corrected chi connectivity index (χ1v) is 11.4. The summed E-state index contributed by atoms with van der Waals surface area (Å²) < 4.78 is 21.4. The molecular formula is C27H26FN3O2. The Bertz CT molecular complexity index is 1240. The maximum atomic E-state index is 13.3. The molecule has 3 aromatic carbocycles. The van der Waals surface area contributed by atoms with E-state index in [9.17, 15) is 9.18 Å². The van der Waals surface area contributed by atoms with Crippen molar-refractivity contribution in [1.82, 2.24) is 9.55 Å². The zero-order valence-electron chi connectivity index (χ0n) is 18.4. The van der Waals surface area contributed by atoms with Crippen LogP contribution in [0.15, 0.2) is 78.9 Å². The molecule has 33 heavy (non-hydrogen) atoms. The van der Waals surface area contributed by atoms with Crippen LogP contribution in [-0.4, -0.2) is 28.6 Å². The van der Waals surface area contributed by atoms with Gasteiger partial charge < -0.3 is 14.2 Å². The van der Waals surface area contributed by atoms with Crippen LogP contribution < -0.4 is 9.64 Å². The van der Waals surface area contributed by atoms with Crippen molar-refractivity contribution >= 4 is 22.6 Å². The Morgan fingerprint density at radius 3 is 2.52 bits per heavy atom. The van der Waals surface area contributed by atoms with Crippen molar-refractivity contribution in [3.8, 4) is 5.75 Å². The zero-order valence-corrected chi connectivity index (χ0v) is 18.4. The smallest absolute Gasteiger partial charge is 0.227 e. The second kappa shape index (κ2) is 9.45. The minimum atomic E-state index is -0.306. The van der Waals surface area contributed by atoms with Crippen molar-refractivity contribution in [3.63, 3.8) is 0 Å². The Morgan fingerprint density at radius 1 is 0.939 bits per heavy atom. The number of para-hydroxylation sites is 3. The topological polar surface area (TPSA) is 47.4 Å². The van der Waals surface area contributed by atoms with E-state index in [-0.39, 0.29) is 17.6 Å². The number of fused-ring (bicyclic) bond motifs is 1. The van der Waals surface area contributed by atoms with Crippen LogP contribution in [0.25, 0.3) is 11.0 Å². The molecule has 6 heteroatoms. The predicted octanol–water partition coefficient (Wildman–Crippen LogP) is 5.56. The number of unbranched alkanes of at least 4 members (excludes halogenated alkanes) is 1. The molecule has 0 radical (unpaired) electrons. The van der Waals surface area contributed by atoms with Gasteiger partial charge in [0.05, 0.1) is 17.6 Å². The average Bonchev–Trinajstić information content (AvgIpc) is 3.41. The molecule has 0 spiro atoms. The molecule has 1 saturated heterocycles. The van der Waals surface area contributed by atoms with Gasteiger partial charge in [-0.25, -0.2) is 9.37 Å². The number of nitrogens with zero attached hydrogens (tertiary/aromatic N) is 3. The number of aryl methyl sites for hydroxylation is 1. The number of amides is 1. The minimum Gasteiger partial charge on any atom is -0.494 e. The third-order valence-corrected chi connectivity index (χ3v) is 6.10. The second-order valence-electron chi connectivity index (χ2n) is 8.36. The number of anilines is 1. The van der Waals surface area contributed by atoms with Crippen molar-refractivity contribution in [3.05, 3.63) is 90.5 Å². The van der Waals surface area contributed by atoms with Crippen molar-refractivity contribution < 1.29 is 13.9 Å². The Kier molecular flexibility index (Phi) is 6.07. The third kappa shape index (κ3) is 4.60. The summed E-state index contributed by atoms with van der Waals surface area (Å²) in [6.45, 7) is 2.02. The van der Waals surface area contributed by atoms with Gasteiger partial charge in [-0.05, 0) is 61.4 Å². The van der Waals surface area contributed by atoms with Gasteiger partial charge in [-0.15, -0.1) is 0 Å². The Morgan fingerprint density at radius 2 is 1.70 bits per heavy atom. The Labute approximate surface area is 192 Å². The van der Waals surface area contributed by atoms with Crippen molar-refractivity contribution in [1.29, 1.82) is 0 Å². The van der Waals surface area contributed by atoms with Gasteiger partial charge in [-0.3, -0.25) is 4.79 Å². The van der Waals surface area contributed by atoms with Crippen LogP contribution in [0.3, 0.4) is 0 Å². The fourth-order valence-electron chi connectivity index (χ4n) is 4.47. The molecule has 5 rings (SSSR count). The molecule has 1 fully saturated rings. The summed E-state index contributed by atoms with van der Waals surface area (Å²) >= 11 is 0. The molecule has 2 heterocycles. The number of carbonyl (C=O) groups excluding carboxylic acids is 1. The lowest BCUT2D eigenvalue weighted by Gasteiger charge is -2.17. The van der Waals surface area contributed by atoms with E-state index < -0.39 is 0 Å². The maximum absolute atomic E-state index is 13.3. The maximum Gasteiger partial charge on any atom is 0.227 e. The number of aromatic nitrogens is 2. The molecule has 0 N–H and O–H groups in total. The zero-order chi connectivity index (χ0) is 22.6. The standard InChI is InChI=1S/C27H26FN3O2/c28-21-12-14-22(15-13-21)31-19-20(18-26(31)32)27-29-24-10-4-5-11-25(24)30(27)16-6-7-17-33-23-8-2-1-3-9-23/h1-5,8-15,20H,6-7,16-19H2/t20-/m0/s1. The molecule has 0 aliphatic carbocycles. The SMILES string of the molecule is O=C1C[C@H](c2nc3ccccc3n2CCCCOc2ccccc2)CN1c1ccc(F)cc1. The van der Waals surface area contributed by atoms with Crippen LogP contribution in [-0.2, 0) is 11.3 Å². The molecule has 1 aliphatic rings. The molecule has 0 bridgehead atoms. The monoisotopic (exact) mass is 443 g/mol. The van der Waals surface area contributed by atoms with Crippen LogP contribution >= 0.6 is 0 Å². The highest BCUT2D eigenvalue weighted by Crippen LogP contribution is 2.33. The van der Waals surface area contributed by atoms with E-state index in [1.165, 1.54) is 12.1 Å². The van der Waals surface area contributed by atoms with Crippen molar-refractivity contribution in [2.45, 2.75) is 31.7 Å². The number of benzene rings is 3. The predicted molar refractivity (Wildman–Crippen MR) is 127 cm³/mol. The van der Waals surface area contributed by atoms with Crippen LogP contribution in [0.4, 0.5) is 10.1 Å². The highest BCUT2D eigenvalue weighted by atomic mass is 19.1. The molecule has 0 saturated carbocycles. The lowest BCUT2D eigenvalue weighted by atomic mass is 10.1. The van der Waals surface area contributed by atoms with Crippen molar-refractivity contribution in [2.24, 2.45) is 0 Å². The molecule has 1 aromatic heterocycles. The second-order valence-corrected chi connectivity index (χ2v) is 8.36. The van der Waals surface area contributed by atoms with Gasteiger partial charge in [0, 0.05) is 31.1 Å². The third-order valence-electron chi connectivity index (χ3n) is 6.10. The largest absolute Gasteiger partial charge is 0.494 e. The quantitative estimate of drug-likeness (QED) is 0.335. The summed E-state index contributed by atoms with van der Waals surface area (Å²) in [7, 11) is 0. The summed E-state index contributed by atoms with van der Waals surface area (Å²) in [6, 6.07) is 24.1. The molecule has 0 unspecified atom stereocenters. The van der Waals surface area contributed by atoms with E-state index in [1.54, 1.807) is 17.0 Å². The molecule has 168 valence electrons. The highest BCUT2D eigenvalue weighted by Gasteiger charge is 2.34. The van der Waals surface area contributed by atoms with E-state index in [0.29, 0.717) is 19.6 Å². The summed E-state index contributed by atoms with van der Waals surface area (Å²) in [4.78, 5) is 19.4. The number of ether oxygens (including phenoxy) is 1. The van der Waals surface area contributed by atoms with Gasteiger partial charge in [0.25, 0.3) is 0 Å². The van der Waals surface area contributed by atoms with E-state index >= 15 is 0 Å². The van der Waals surface area contributed by atoms with Gasteiger partial charge in [-0.2, -0.15) is 0 Å². The Hall–Kier alpha value is -3.67. The summed E-state index contributed by atoms with van der Waals surface area (Å²) in [5.41, 5.74) is 2.76. The summed E-state index contributed by atoms with van der Waals surface area (Å²) in [5, 5.41) is 0. The van der Waals surface area contributed by atoms with Gasteiger partial charge in [0.15, 0.2) is 0 Å². The molecule has 1 amide bonds. The number of imidazole rings is 1. The number of halogens is 1. The fourth-order valence-corrected chi connectivity index (χ4v) is 4.47. The first-order chi connectivity index (χ1) is 16.2. The van der Waals surface area contributed by atoms with E-state index in [0.717, 1.165) is 47.7 Å². The van der Waals surface area contributed by atoms with E-state index in [1.807, 2.05) is 48.5 Å². The number of rotatable bonds is 8. The lowest BCUT2D eigenvalue weighted by molar-refractivity contribution is -0.117. The highest BCUT2D eigenvalue weighted by molar-refractivity contribution is 5.96. The first kappa shape index (κ1) is 21.2. The van der Waals surface area contributed by atoms with Gasteiger partial charge >= 0.3 is 0 Å². The van der Waals surface area contributed by atoms with E-state index in [4.69, 9.17) is 9.72 Å². The van der Waals surface area contributed by atoms with Crippen LogP contribution in [0.5, 0.6) is 5.75 Å². The number of hydrogen-bond donors (Lipinski definition) is 0. The fraction of sp³-hybridized carbons (Fsp3) is 0.259. The van der Waals surface area contributed by atoms with Crippen molar-refractivity contribution in [2.75, 3.05) is 18.1 Å². The lowest BCUT2D eigenvalue weighted by Crippen LogP contribution is -2.24. The molecule has 1 aliphatic heterocycles. The van der Waals surface area contributed by atoms with Crippen LogP contribution in [0.2, 0.25) is 0 Å². The first-order valence-electron chi connectivity index (χ1n) is 11.4. The number of carbonyl (C=O) groups is 1.